The van der Waals surface area contributed by atoms with Crippen molar-refractivity contribution >= 4 is 17.7 Å². The zero-order valence-electron chi connectivity index (χ0n) is 13.5. The van der Waals surface area contributed by atoms with Crippen molar-refractivity contribution in [3.63, 3.8) is 0 Å². The van der Waals surface area contributed by atoms with Crippen molar-refractivity contribution in [1.82, 2.24) is 5.32 Å². The van der Waals surface area contributed by atoms with Crippen LogP contribution in [-0.4, -0.2) is 36.9 Å². The minimum atomic E-state index is 0.0536. The van der Waals surface area contributed by atoms with E-state index in [0.717, 1.165) is 5.75 Å². The largest absolute Gasteiger partial charge is 0.481 e. The molecule has 5 nitrogen and oxygen atoms in total. The smallest absolute Gasteiger partial charge is 0.231 e. The topological polar surface area (TPSA) is 56.8 Å². The number of rotatable bonds is 6. The van der Waals surface area contributed by atoms with E-state index in [0.29, 0.717) is 29.0 Å². The van der Waals surface area contributed by atoms with Gasteiger partial charge in [0.25, 0.3) is 0 Å². The monoisotopic (exact) mass is 347 g/mol. The Hall–Kier alpha value is -2.00. The van der Waals surface area contributed by atoms with E-state index in [1.54, 1.807) is 17.8 Å². The molecule has 0 atom stereocenters. The number of hydrogen-bond acceptors (Lipinski definition) is 5. The molecule has 1 aromatic rings. The highest BCUT2D eigenvalue weighted by molar-refractivity contribution is 8.00. The van der Waals surface area contributed by atoms with Crippen LogP contribution in [0.15, 0.2) is 18.2 Å². The van der Waals surface area contributed by atoms with Crippen LogP contribution in [0, 0.1) is 11.8 Å². The van der Waals surface area contributed by atoms with Gasteiger partial charge in [0.15, 0.2) is 11.5 Å². The molecule has 0 bridgehead atoms. The van der Waals surface area contributed by atoms with Crippen molar-refractivity contribution in [1.29, 1.82) is 0 Å². The molecule has 0 unspecified atom stereocenters. The molecule has 0 radical (unpaired) electrons. The van der Waals surface area contributed by atoms with Crippen molar-refractivity contribution in [3.05, 3.63) is 18.2 Å². The third-order valence-electron chi connectivity index (χ3n) is 3.91. The summed E-state index contributed by atoms with van der Waals surface area (Å²) in [5.41, 5.74) is 0. The number of fused-ring (bicyclic) bond motifs is 1. The highest BCUT2D eigenvalue weighted by atomic mass is 32.2. The summed E-state index contributed by atoms with van der Waals surface area (Å²) in [6.45, 7) is 0.873. The highest BCUT2D eigenvalue weighted by Crippen LogP contribution is 2.35. The summed E-state index contributed by atoms with van der Waals surface area (Å²) in [6, 6.07) is 5.41. The first-order valence-corrected chi connectivity index (χ1v) is 9.22. The molecule has 1 aliphatic heterocycles. The molecule has 0 saturated heterocycles. The van der Waals surface area contributed by atoms with Gasteiger partial charge < -0.3 is 19.5 Å². The van der Waals surface area contributed by atoms with E-state index in [-0.39, 0.29) is 19.3 Å². The summed E-state index contributed by atoms with van der Waals surface area (Å²) in [7, 11) is 0. The van der Waals surface area contributed by atoms with Crippen LogP contribution in [0.3, 0.4) is 0 Å². The number of nitrogens with one attached hydrogen (secondary N) is 1. The van der Waals surface area contributed by atoms with Crippen LogP contribution in [0.1, 0.15) is 25.7 Å². The Labute approximate surface area is 146 Å². The number of carbonyl (C=O) groups excluding carboxylic acids is 1. The fourth-order valence-electron chi connectivity index (χ4n) is 2.64. The van der Waals surface area contributed by atoms with Crippen molar-refractivity contribution in [2.75, 3.05) is 25.7 Å². The van der Waals surface area contributed by atoms with Crippen molar-refractivity contribution in [3.8, 4) is 29.1 Å². The number of thioether (sulfide) groups is 1. The number of benzene rings is 1. The Morgan fingerprint density at radius 3 is 2.96 bits per heavy atom. The lowest BCUT2D eigenvalue weighted by Gasteiger charge is -2.07. The summed E-state index contributed by atoms with van der Waals surface area (Å²) in [6.07, 6.45) is 5.09. The van der Waals surface area contributed by atoms with Gasteiger partial charge in [-0.15, -0.1) is 11.8 Å². The maximum absolute atomic E-state index is 11.7. The van der Waals surface area contributed by atoms with Gasteiger partial charge in [0.1, 0.15) is 12.4 Å². The second kappa shape index (κ2) is 8.74. The number of ether oxygens (including phenoxy) is 3. The summed E-state index contributed by atoms with van der Waals surface area (Å²) >= 11 is 1.76. The molecule has 1 aliphatic carbocycles. The summed E-state index contributed by atoms with van der Waals surface area (Å²) < 4.78 is 16.0. The quantitative estimate of drug-likeness (QED) is 0.802. The molecule has 1 aromatic carbocycles. The molecule has 1 saturated carbocycles. The van der Waals surface area contributed by atoms with E-state index in [4.69, 9.17) is 14.2 Å². The van der Waals surface area contributed by atoms with Gasteiger partial charge in [-0.05, 0) is 25.0 Å². The lowest BCUT2D eigenvalue weighted by Crippen LogP contribution is -2.26. The molecule has 0 aromatic heterocycles. The summed E-state index contributed by atoms with van der Waals surface area (Å²) in [5.74, 6) is 8.47. The Kier molecular flexibility index (Phi) is 6.13. The first-order valence-electron chi connectivity index (χ1n) is 8.18. The van der Waals surface area contributed by atoms with Crippen LogP contribution in [-0.2, 0) is 4.79 Å². The minimum absolute atomic E-state index is 0.0536. The molecular formula is C18H21NO4S. The predicted octanol–water partition coefficient (Wildman–Crippen LogP) is 2.59. The van der Waals surface area contributed by atoms with E-state index < -0.39 is 0 Å². The fourth-order valence-corrected chi connectivity index (χ4v) is 3.80. The molecule has 1 heterocycles. The number of hydrogen-bond donors (Lipinski definition) is 1. The Morgan fingerprint density at radius 1 is 1.25 bits per heavy atom. The fraction of sp³-hybridized carbons (Fsp3) is 0.500. The van der Waals surface area contributed by atoms with Crippen LogP contribution in [0.25, 0.3) is 0 Å². The molecule has 0 spiro atoms. The van der Waals surface area contributed by atoms with Gasteiger partial charge in [-0.3, -0.25) is 4.79 Å². The SMILES string of the molecule is O=C(CSC1CCCC1)NCC#CCOc1ccc2c(c1)OCO2. The van der Waals surface area contributed by atoms with Gasteiger partial charge >= 0.3 is 0 Å². The summed E-state index contributed by atoms with van der Waals surface area (Å²) in [5, 5.41) is 3.48. The molecule has 1 fully saturated rings. The second-order valence-electron chi connectivity index (χ2n) is 5.65. The Balaban J connectivity index is 1.29. The van der Waals surface area contributed by atoms with Gasteiger partial charge in [-0.1, -0.05) is 24.7 Å². The molecule has 128 valence electrons. The maximum Gasteiger partial charge on any atom is 0.231 e. The van der Waals surface area contributed by atoms with Crippen LogP contribution >= 0.6 is 11.8 Å². The van der Waals surface area contributed by atoms with Gasteiger partial charge in [-0.2, -0.15) is 0 Å². The van der Waals surface area contributed by atoms with Gasteiger partial charge in [0, 0.05) is 11.3 Å². The Bertz CT molecular complexity index is 632. The van der Waals surface area contributed by atoms with Gasteiger partial charge in [0.2, 0.25) is 12.7 Å². The zero-order valence-corrected chi connectivity index (χ0v) is 14.3. The molecule has 1 N–H and O–H groups in total. The first kappa shape index (κ1) is 16.8. The molecule has 2 aliphatic rings. The van der Waals surface area contributed by atoms with E-state index in [1.165, 1.54) is 25.7 Å². The first-order chi connectivity index (χ1) is 11.8. The average Bonchev–Trinajstić information content (AvgIpc) is 3.26. The zero-order chi connectivity index (χ0) is 16.6. The standard InChI is InChI=1S/C18H21NO4S/c20-18(12-24-15-5-1-2-6-15)19-9-3-4-10-21-14-7-8-16-17(11-14)23-13-22-16/h7-8,11,15H,1-2,5-6,9-10,12-13H2,(H,19,20). The third-order valence-corrected chi connectivity index (χ3v) is 5.28. The van der Waals surface area contributed by atoms with Crippen molar-refractivity contribution in [2.24, 2.45) is 0 Å². The molecule has 3 rings (SSSR count). The molecular weight excluding hydrogens is 326 g/mol. The highest BCUT2D eigenvalue weighted by Gasteiger charge is 2.16. The lowest BCUT2D eigenvalue weighted by atomic mass is 10.3. The van der Waals surface area contributed by atoms with E-state index in [1.807, 2.05) is 12.1 Å². The van der Waals surface area contributed by atoms with E-state index in [9.17, 15) is 4.79 Å². The van der Waals surface area contributed by atoms with Crippen LogP contribution in [0.2, 0.25) is 0 Å². The normalized spacial score (nSPS) is 15.7. The maximum atomic E-state index is 11.7. The van der Waals surface area contributed by atoms with Crippen molar-refractivity contribution in [2.45, 2.75) is 30.9 Å². The number of carbonyl (C=O) groups is 1. The summed E-state index contributed by atoms with van der Waals surface area (Å²) in [4.78, 5) is 11.7. The third kappa shape index (κ3) is 5.00. The van der Waals surface area contributed by atoms with Crippen LogP contribution in [0.5, 0.6) is 17.2 Å². The van der Waals surface area contributed by atoms with Crippen LogP contribution in [0.4, 0.5) is 0 Å². The van der Waals surface area contributed by atoms with Crippen molar-refractivity contribution < 1.29 is 19.0 Å². The predicted molar refractivity (Wildman–Crippen MR) is 93.6 cm³/mol. The average molecular weight is 347 g/mol. The molecule has 1 amide bonds. The van der Waals surface area contributed by atoms with E-state index in [2.05, 4.69) is 17.2 Å². The minimum Gasteiger partial charge on any atom is -0.481 e. The lowest BCUT2D eigenvalue weighted by molar-refractivity contribution is -0.118. The second-order valence-corrected chi connectivity index (χ2v) is 6.94. The van der Waals surface area contributed by atoms with E-state index >= 15 is 0 Å². The van der Waals surface area contributed by atoms with Crippen LogP contribution < -0.4 is 19.5 Å². The van der Waals surface area contributed by atoms with Gasteiger partial charge in [-0.25, -0.2) is 0 Å². The Morgan fingerprint density at radius 2 is 2.08 bits per heavy atom. The number of amides is 1. The van der Waals surface area contributed by atoms with Gasteiger partial charge in [0.05, 0.1) is 12.3 Å². The molecule has 6 heteroatoms. The molecule has 24 heavy (non-hydrogen) atoms.